The van der Waals surface area contributed by atoms with Crippen LogP contribution in [0.2, 0.25) is 0 Å². The molecule has 0 aromatic heterocycles. The Bertz CT molecular complexity index is 442. The minimum absolute atomic E-state index is 0.264. The van der Waals surface area contributed by atoms with Crippen LogP contribution in [0.25, 0.3) is 0 Å². The van der Waals surface area contributed by atoms with Gasteiger partial charge in [-0.15, -0.1) is 0 Å². The summed E-state index contributed by atoms with van der Waals surface area (Å²) in [5, 5.41) is 0. The zero-order chi connectivity index (χ0) is 15.5. The van der Waals surface area contributed by atoms with E-state index in [0.717, 1.165) is 25.7 Å². The monoisotopic (exact) mass is 296 g/mol. The molecule has 0 amide bonds. The number of hydrogen-bond acceptors (Lipinski definition) is 4. The highest BCUT2D eigenvalue weighted by atomic mass is 19.1. The van der Waals surface area contributed by atoms with Gasteiger partial charge < -0.3 is 9.47 Å². The molecule has 5 heteroatoms. The van der Waals surface area contributed by atoms with Crippen molar-refractivity contribution < 1.29 is 23.5 Å². The van der Waals surface area contributed by atoms with Crippen molar-refractivity contribution in [3.8, 4) is 0 Å². The summed E-state index contributed by atoms with van der Waals surface area (Å²) in [7, 11) is 0. The fourth-order valence-corrected chi connectivity index (χ4v) is 1.73. The molecular formula is C16H21FO4. The van der Waals surface area contributed by atoms with E-state index >= 15 is 0 Å². The van der Waals surface area contributed by atoms with E-state index in [4.69, 9.17) is 4.74 Å². The summed E-state index contributed by atoms with van der Waals surface area (Å²) in [6.07, 6.45) is 4.16. The first-order valence-electron chi connectivity index (χ1n) is 7.19. The molecule has 0 aliphatic rings. The first-order chi connectivity index (χ1) is 10.2. The molecule has 4 nitrogen and oxygen atoms in total. The molecule has 0 atom stereocenters. The second-order valence-corrected chi connectivity index (χ2v) is 4.60. The number of carbonyl (C=O) groups is 2. The molecule has 0 N–H and O–H groups in total. The topological polar surface area (TPSA) is 52.6 Å². The number of carbonyl (C=O) groups excluding carboxylic acids is 2. The Balaban J connectivity index is 2.42. The molecule has 21 heavy (non-hydrogen) atoms. The number of alkyl halides is 1. The van der Waals surface area contributed by atoms with Crippen LogP contribution < -0.4 is 0 Å². The lowest BCUT2D eigenvalue weighted by Gasteiger charge is -2.06. The van der Waals surface area contributed by atoms with Crippen LogP contribution in [0, 0.1) is 0 Å². The summed E-state index contributed by atoms with van der Waals surface area (Å²) >= 11 is 0. The molecule has 0 radical (unpaired) electrons. The van der Waals surface area contributed by atoms with Gasteiger partial charge in [-0.3, -0.25) is 0 Å². The van der Waals surface area contributed by atoms with Gasteiger partial charge in [0.05, 0.1) is 17.7 Å². The standard InChI is InChI=1S/C16H21FO4/c1-2-3-4-5-11-20-15(18)13-6-8-14(9-7-13)16(19)21-12-10-17/h6-9H,2-5,10-12H2,1H3. The number of esters is 2. The van der Waals surface area contributed by atoms with Crippen LogP contribution >= 0.6 is 0 Å². The van der Waals surface area contributed by atoms with E-state index < -0.39 is 18.6 Å². The van der Waals surface area contributed by atoms with Gasteiger partial charge >= 0.3 is 11.9 Å². The maximum Gasteiger partial charge on any atom is 0.338 e. The number of halogens is 1. The average Bonchev–Trinajstić information content (AvgIpc) is 2.52. The van der Waals surface area contributed by atoms with Crippen LogP contribution in [0.5, 0.6) is 0 Å². The number of benzene rings is 1. The van der Waals surface area contributed by atoms with Gasteiger partial charge in [0.2, 0.25) is 0 Å². The molecular weight excluding hydrogens is 275 g/mol. The van der Waals surface area contributed by atoms with Crippen LogP contribution in [-0.4, -0.2) is 31.8 Å². The summed E-state index contributed by atoms with van der Waals surface area (Å²) in [4.78, 5) is 23.2. The summed E-state index contributed by atoms with van der Waals surface area (Å²) in [6.45, 7) is 1.54. The molecule has 0 aliphatic carbocycles. The predicted octanol–water partition coefficient (Wildman–Crippen LogP) is 3.55. The van der Waals surface area contributed by atoms with Gasteiger partial charge in [-0.05, 0) is 30.7 Å². The third-order valence-electron chi connectivity index (χ3n) is 2.90. The summed E-state index contributed by atoms with van der Waals surface area (Å²) in [5.41, 5.74) is 0.662. The van der Waals surface area contributed by atoms with Gasteiger partial charge in [0.25, 0.3) is 0 Å². The minimum atomic E-state index is -0.714. The predicted molar refractivity (Wildman–Crippen MR) is 77.1 cm³/mol. The highest BCUT2D eigenvalue weighted by Gasteiger charge is 2.10. The lowest BCUT2D eigenvalue weighted by atomic mass is 10.1. The van der Waals surface area contributed by atoms with Gasteiger partial charge in [0.15, 0.2) is 0 Å². The molecule has 0 bridgehead atoms. The zero-order valence-electron chi connectivity index (χ0n) is 12.3. The zero-order valence-corrected chi connectivity index (χ0v) is 12.3. The molecule has 0 aliphatic heterocycles. The van der Waals surface area contributed by atoms with Crippen molar-refractivity contribution in [2.45, 2.75) is 32.6 Å². The Morgan fingerprint density at radius 1 is 0.905 bits per heavy atom. The molecule has 0 saturated carbocycles. The van der Waals surface area contributed by atoms with E-state index in [1.165, 1.54) is 24.3 Å². The maximum atomic E-state index is 11.9. The third-order valence-corrected chi connectivity index (χ3v) is 2.90. The van der Waals surface area contributed by atoms with Crippen LogP contribution in [-0.2, 0) is 9.47 Å². The SMILES string of the molecule is CCCCCCOC(=O)c1ccc(C(=O)OCCF)cc1. The van der Waals surface area contributed by atoms with Crippen LogP contribution in [0.3, 0.4) is 0 Å². The van der Waals surface area contributed by atoms with E-state index in [0.29, 0.717) is 12.2 Å². The highest BCUT2D eigenvalue weighted by molar-refractivity contribution is 5.93. The molecule has 116 valence electrons. The quantitative estimate of drug-likeness (QED) is 0.516. The number of rotatable bonds is 9. The second-order valence-electron chi connectivity index (χ2n) is 4.60. The first-order valence-corrected chi connectivity index (χ1v) is 7.19. The number of unbranched alkanes of at least 4 members (excludes halogenated alkanes) is 3. The Hall–Kier alpha value is -1.91. The third kappa shape index (κ3) is 6.38. The number of hydrogen-bond donors (Lipinski definition) is 0. The fraction of sp³-hybridized carbons (Fsp3) is 0.500. The van der Waals surface area contributed by atoms with Crippen molar-refractivity contribution in [1.29, 1.82) is 0 Å². The summed E-state index contributed by atoms with van der Waals surface area (Å²) < 4.78 is 21.7. The molecule has 1 rings (SSSR count). The minimum Gasteiger partial charge on any atom is -0.462 e. The molecule has 0 saturated heterocycles. The van der Waals surface area contributed by atoms with E-state index in [9.17, 15) is 14.0 Å². The second kappa shape index (κ2) is 9.91. The number of ether oxygens (including phenoxy) is 2. The molecule has 1 aromatic rings. The molecule has 0 heterocycles. The van der Waals surface area contributed by atoms with E-state index in [-0.39, 0.29) is 12.2 Å². The van der Waals surface area contributed by atoms with Crippen LogP contribution in [0.1, 0.15) is 53.3 Å². The van der Waals surface area contributed by atoms with Gasteiger partial charge in [-0.25, -0.2) is 14.0 Å². The highest BCUT2D eigenvalue weighted by Crippen LogP contribution is 2.08. The first kappa shape index (κ1) is 17.1. The summed E-state index contributed by atoms with van der Waals surface area (Å²) in [6, 6.07) is 5.93. The van der Waals surface area contributed by atoms with Gasteiger partial charge in [0, 0.05) is 0 Å². The van der Waals surface area contributed by atoms with Crippen LogP contribution in [0.4, 0.5) is 4.39 Å². The molecule has 1 aromatic carbocycles. The van der Waals surface area contributed by atoms with Crippen LogP contribution in [0.15, 0.2) is 24.3 Å². The van der Waals surface area contributed by atoms with Gasteiger partial charge in [-0.2, -0.15) is 0 Å². The average molecular weight is 296 g/mol. The van der Waals surface area contributed by atoms with Crippen molar-refractivity contribution in [3.05, 3.63) is 35.4 Å². The molecule has 0 unspecified atom stereocenters. The lowest BCUT2D eigenvalue weighted by Crippen LogP contribution is -2.09. The van der Waals surface area contributed by atoms with Gasteiger partial charge in [0.1, 0.15) is 13.3 Å². The van der Waals surface area contributed by atoms with Crippen molar-refractivity contribution in [2.24, 2.45) is 0 Å². The van der Waals surface area contributed by atoms with E-state index in [1.54, 1.807) is 0 Å². The van der Waals surface area contributed by atoms with Crippen molar-refractivity contribution >= 4 is 11.9 Å². The smallest absolute Gasteiger partial charge is 0.338 e. The van der Waals surface area contributed by atoms with E-state index in [1.807, 2.05) is 0 Å². The van der Waals surface area contributed by atoms with Crippen molar-refractivity contribution in [1.82, 2.24) is 0 Å². The molecule has 0 spiro atoms. The normalized spacial score (nSPS) is 10.2. The Morgan fingerprint density at radius 2 is 1.43 bits per heavy atom. The lowest BCUT2D eigenvalue weighted by molar-refractivity contribution is 0.0473. The summed E-state index contributed by atoms with van der Waals surface area (Å²) in [5.74, 6) is -1.01. The Morgan fingerprint density at radius 3 is 1.90 bits per heavy atom. The fourth-order valence-electron chi connectivity index (χ4n) is 1.73. The Labute approximate surface area is 124 Å². The maximum absolute atomic E-state index is 11.9. The van der Waals surface area contributed by atoms with E-state index in [2.05, 4.69) is 11.7 Å². The van der Waals surface area contributed by atoms with Crippen molar-refractivity contribution in [3.63, 3.8) is 0 Å². The largest absolute Gasteiger partial charge is 0.462 e. The van der Waals surface area contributed by atoms with Gasteiger partial charge in [-0.1, -0.05) is 26.2 Å². The Kier molecular flexibility index (Phi) is 8.09. The molecule has 0 fully saturated rings. The van der Waals surface area contributed by atoms with Crippen molar-refractivity contribution in [2.75, 3.05) is 19.9 Å².